The molecule has 0 aromatic heterocycles. The third-order valence-electron chi connectivity index (χ3n) is 2.10. The Labute approximate surface area is 111 Å². The number of carbonyl (C=O) groups excluding carboxylic acids is 1. The van der Waals surface area contributed by atoms with Gasteiger partial charge in [-0.25, -0.2) is 4.39 Å². The summed E-state index contributed by atoms with van der Waals surface area (Å²) in [4.78, 5) is 11.8. The molecule has 0 bridgehead atoms. The number of hydrogen-bond donors (Lipinski definition) is 1. The molecule has 0 radical (unpaired) electrons. The third kappa shape index (κ3) is 3.87. The van der Waals surface area contributed by atoms with Gasteiger partial charge < -0.3 is 5.32 Å². The number of nitrogens with one attached hydrogen (secondary N) is 1. The zero-order valence-electron chi connectivity index (χ0n) is 8.77. The summed E-state index contributed by atoms with van der Waals surface area (Å²) in [6.45, 7) is 1.93. The lowest BCUT2D eigenvalue weighted by atomic mass is 10.2. The molecule has 0 aliphatic carbocycles. The van der Waals surface area contributed by atoms with Gasteiger partial charge >= 0.3 is 0 Å². The highest BCUT2D eigenvalue weighted by molar-refractivity contribution is 9.10. The monoisotopic (exact) mass is 351 g/mol. The molecule has 88 valence electrons. The van der Waals surface area contributed by atoms with E-state index in [1.165, 1.54) is 18.2 Å². The molecule has 0 spiro atoms. The Morgan fingerprint density at radius 1 is 1.56 bits per heavy atom. The van der Waals surface area contributed by atoms with Gasteiger partial charge in [0.15, 0.2) is 0 Å². The smallest absolute Gasteiger partial charge is 0.252 e. The molecule has 0 aliphatic rings. The van der Waals surface area contributed by atoms with Crippen molar-refractivity contribution < 1.29 is 9.18 Å². The van der Waals surface area contributed by atoms with Crippen LogP contribution in [0.2, 0.25) is 0 Å². The van der Waals surface area contributed by atoms with Gasteiger partial charge in [-0.1, -0.05) is 15.9 Å². The second-order valence-electron chi connectivity index (χ2n) is 3.48. The maximum Gasteiger partial charge on any atom is 0.252 e. The van der Waals surface area contributed by atoms with Crippen molar-refractivity contribution in [3.8, 4) is 0 Å². The fourth-order valence-electron chi connectivity index (χ4n) is 1.21. The van der Waals surface area contributed by atoms with Crippen molar-refractivity contribution in [3.05, 3.63) is 34.1 Å². The van der Waals surface area contributed by atoms with E-state index in [1.54, 1.807) is 0 Å². The molecular formula is C11H12Br2FNO. The molecule has 5 heteroatoms. The molecule has 16 heavy (non-hydrogen) atoms. The number of amides is 1. The molecule has 1 atom stereocenters. The predicted octanol–water partition coefficient (Wildman–Crippen LogP) is 3.49. The fraction of sp³-hybridized carbons (Fsp3) is 0.364. The Morgan fingerprint density at radius 3 is 2.81 bits per heavy atom. The lowest BCUT2D eigenvalue weighted by molar-refractivity contribution is 0.0939. The van der Waals surface area contributed by atoms with Gasteiger partial charge in [-0.15, -0.1) is 0 Å². The van der Waals surface area contributed by atoms with E-state index in [-0.39, 0.29) is 17.8 Å². The molecule has 1 aromatic carbocycles. The van der Waals surface area contributed by atoms with E-state index in [9.17, 15) is 9.18 Å². The lowest BCUT2D eigenvalue weighted by Crippen LogP contribution is -2.33. The van der Waals surface area contributed by atoms with Gasteiger partial charge in [0.2, 0.25) is 0 Å². The van der Waals surface area contributed by atoms with Gasteiger partial charge in [-0.3, -0.25) is 4.79 Å². The second-order valence-corrected chi connectivity index (χ2v) is 5.12. The number of alkyl halides is 1. The molecule has 1 N–H and O–H groups in total. The predicted molar refractivity (Wildman–Crippen MR) is 69.4 cm³/mol. The molecule has 0 fully saturated rings. The Hall–Kier alpha value is -0.420. The van der Waals surface area contributed by atoms with E-state index in [0.29, 0.717) is 10.0 Å². The van der Waals surface area contributed by atoms with Gasteiger partial charge in [0.05, 0.1) is 5.56 Å². The van der Waals surface area contributed by atoms with Crippen LogP contribution in [0.1, 0.15) is 23.7 Å². The van der Waals surface area contributed by atoms with Crippen LogP contribution in [0.25, 0.3) is 0 Å². The van der Waals surface area contributed by atoms with Crippen LogP contribution in [0, 0.1) is 5.82 Å². The zero-order chi connectivity index (χ0) is 12.1. The number of hydrogen-bond acceptors (Lipinski definition) is 1. The Morgan fingerprint density at radius 2 is 2.25 bits per heavy atom. The second kappa shape index (κ2) is 6.35. The van der Waals surface area contributed by atoms with Crippen LogP contribution in [0.3, 0.4) is 0 Å². The van der Waals surface area contributed by atoms with Crippen LogP contribution in [-0.2, 0) is 0 Å². The Bertz CT molecular complexity index is 384. The van der Waals surface area contributed by atoms with Crippen LogP contribution < -0.4 is 5.32 Å². The average molecular weight is 353 g/mol. The lowest BCUT2D eigenvalue weighted by Gasteiger charge is -2.13. The van der Waals surface area contributed by atoms with Crippen molar-refractivity contribution in [2.24, 2.45) is 0 Å². The van der Waals surface area contributed by atoms with Crippen molar-refractivity contribution in [3.63, 3.8) is 0 Å². The molecule has 1 rings (SSSR count). The molecule has 0 aliphatic heterocycles. The minimum Gasteiger partial charge on any atom is -0.350 e. The van der Waals surface area contributed by atoms with E-state index in [0.717, 1.165) is 11.8 Å². The standard InChI is InChI=1S/C11H12Br2FNO/c1-7(4-5-12)15-11(16)9-3-2-8(14)6-10(9)13/h2-3,6-7H,4-5H2,1H3,(H,15,16). The van der Waals surface area contributed by atoms with Crippen molar-refractivity contribution in [1.82, 2.24) is 5.32 Å². The summed E-state index contributed by atoms with van der Waals surface area (Å²) in [6, 6.07) is 4.11. The highest BCUT2D eigenvalue weighted by atomic mass is 79.9. The summed E-state index contributed by atoms with van der Waals surface area (Å²) < 4.78 is 13.3. The van der Waals surface area contributed by atoms with E-state index >= 15 is 0 Å². The summed E-state index contributed by atoms with van der Waals surface area (Å²) in [7, 11) is 0. The molecule has 1 amide bonds. The largest absolute Gasteiger partial charge is 0.350 e. The van der Waals surface area contributed by atoms with Crippen molar-refractivity contribution in [2.75, 3.05) is 5.33 Å². The Kier molecular flexibility index (Phi) is 5.41. The first-order valence-electron chi connectivity index (χ1n) is 4.86. The van der Waals surface area contributed by atoms with E-state index in [2.05, 4.69) is 37.2 Å². The summed E-state index contributed by atoms with van der Waals surface area (Å²) in [5.74, 6) is -0.558. The molecule has 1 unspecified atom stereocenters. The zero-order valence-corrected chi connectivity index (χ0v) is 11.9. The minimum atomic E-state index is -0.364. The summed E-state index contributed by atoms with van der Waals surface area (Å²) in [6.07, 6.45) is 0.852. The molecule has 2 nitrogen and oxygen atoms in total. The first kappa shape index (κ1) is 13.6. The highest BCUT2D eigenvalue weighted by Gasteiger charge is 2.12. The normalized spacial score (nSPS) is 12.2. The van der Waals surface area contributed by atoms with Gasteiger partial charge in [0.1, 0.15) is 5.82 Å². The van der Waals surface area contributed by atoms with Crippen LogP contribution in [0.5, 0.6) is 0 Å². The van der Waals surface area contributed by atoms with Gasteiger partial charge in [0.25, 0.3) is 5.91 Å². The van der Waals surface area contributed by atoms with Crippen LogP contribution in [0.4, 0.5) is 4.39 Å². The maximum atomic E-state index is 12.8. The summed E-state index contributed by atoms with van der Waals surface area (Å²) in [5.41, 5.74) is 0.447. The van der Waals surface area contributed by atoms with Crippen molar-refractivity contribution in [2.45, 2.75) is 19.4 Å². The summed E-state index contributed by atoms with van der Waals surface area (Å²) in [5, 5.41) is 3.67. The first-order valence-corrected chi connectivity index (χ1v) is 6.78. The van der Waals surface area contributed by atoms with E-state index in [1.807, 2.05) is 6.92 Å². The van der Waals surface area contributed by atoms with Crippen LogP contribution in [-0.4, -0.2) is 17.3 Å². The number of benzene rings is 1. The summed E-state index contributed by atoms with van der Waals surface area (Å²) >= 11 is 6.48. The van der Waals surface area contributed by atoms with E-state index < -0.39 is 0 Å². The van der Waals surface area contributed by atoms with Gasteiger partial charge in [-0.2, -0.15) is 0 Å². The number of carbonyl (C=O) groups is 1. The average Bonchev–Trinajstić information content (AvgIpc) is 2.17. The first-order chi connectivity index (χ1) is 7.54. The van der Waals surface area contributed by atoms with Gasteiger partial charge in [-0.05, 0) is 47.5 Å². The van der Waals surface area contributed by atoms with Crippen molar-refractivity contribution in [1.29, 1.82) is 0 Å². The maximum absolute atomic E-state index is 12.8. The fourth-order valence-corrected chi connectivity index (χ4v) is 2.43. The number of rotatable bonds is 4. The molecule has 0 heterocycles. The molecule has 0 saturated heterocycles. The molecule has 1 aromatic rings. The minimum absolute atomic E-state index is 0.0869. The third-order valence-corrected chi connectivity index (χ3v) is 3.21. The van der Waals surface area contributed by atoms with Crippen LogP contribution in [0.15, 0.2) is 22.7 Å². The SMILES string of the molecule is CC(CCBr)NC(=O)c1ccc(F)cc1Br. The van der Waals surface area contributed by atoms with Gasteiger partial charge in [0, 0.05) is 15.8 Å². The van der Waals surface area contributed by atoms with Crippen molar-refractivity contribution >= 4 is 37.8 Å². The topological polar surface area (TPSA) is 29.1 Å². The molecular weight excluding hydrogens is 341 g/mol. The molecule has 0 saturated carbocycles. The Balaban J connectivity index is 2.73. The highest BCUT2D eigenvalue weighted by Crippen LogP contribution is 2.18. The van der Waals surface area contributed by atoms with Crippen LogP contribution >= 0.6 is 31.9 Å². The van der Waals surface area contributed by atoms with E-state index in [4.69, 9.17) is 0 Å². The number of halogens is 3. The quantitative estimate of drug-likeness (QED) is 0.825.